The molecule has 1 aromatic carbocycles. The monoisotopic (exact) mass is 479 g/mol. The molecule has 0 aliphatic heterocycles. The summed E-state index contributed by atoms with van der Waals surface area (Å²) in [5, 5.41) is 6.52. The summed E-state index contributed by atoms with van der Waals surface area (Å²) in [7, 11) is 1.23. The van der Waals surface area contributed by atoms with Gasteiger partial charge in [-0.25, -0.2) is 9.48 Å². The smallest absolute Gasteiger partial charge is 0.435 e. The Hall–Kier alpha value is -3.18. The summed E-state index contributed by atoms with van der Waals surface area (Å²) >= 11 is 2.11. The second-order valence-electron chi connectivity index (χ2n) is 6.68. The van der Waals surface area contributed by atoms with Crippen LogP contribution in [0.2, 0.25) is 0 Å². The van der Waals surface area contributed by atoms with Gasteiger partial charge in [-0.1, -0.05) is 25.1 Å². The number of nitrogens with zero attached hydrogens (tertiary/aromatic N) is 2. The number of carbonyl (C=O) groups is 2. The van der Waals surface area contributed by atoms with Crippen LogP contribution in [0.5, 0.6) is 0 Å². The van der Waals surface area contributed by atoms with Crippen LogP contribution in [0.4, 0.5) is 18.2 Å². The maximum absolute atomic E-state index is 13.6. The number of ether oxygens (including phenoxy) is 1. The first-order valence-electron chi connectivity index (χ1n) is 9.40. The zero-order valence-electron chi connectivity index (χ0n) is 16.8. The molecular weight excluding hydrogens is 463 g/mol. The van der Waals surface area contributed by atoms with Crippen LogP contribution in [0.3, 0.4) is 0 Å². The van der Waals surface area contributed by atoms with Crippen molar-refractivity contribution in [2.45, 2.75) is 19.5 Å². The minimum absolute atomic E-state index is 0.0647. The summed E-state index contributed by atoms with van der Waals surface area (Å²) in [6.07, 6.45) is -4.04. The lowest BCUT2D eigenvalue weighted by Crippen LogP contribution is -2.12. The molecular formula is C21H16F3N3O3S2. The number of anilines is 1. The maximum atomic E-state index is 13.6. The molecule has 0 bridgehead atoms. The van der Waals surface area contributed by atoms with E-state index in [1.807, 2.05) is 6.92 Å². The maximum Gasteiger partial charge on any atom is 0.435 e. The molecule has 0 spiro atoms. The zero-order chi connectivity index (χ0) is 23.0. The van der Waals surface area contributed by atoms with Crippen LogP contribution < -0.4 is 5.32 Å². The van der Waals surface area contributed by atoms with E-state index in [-0.39, 0.29) is 25.7 Å². The van der Waals surface area contributed by atoms with Gasteiger partial charge < -0.3 is 10.1 Å². The number of fused-ring (bicyclic) bond motifs is 1. The number of aryl methyl sites for hydroxylation is 1. The van der Waals surface area contributed by atoms with Crippen molar-refractivity contribution in [2.75, 3.05) is 12.4 Å². The van der Waals surface area contributed by atoms with E-state index in [4.69, 9.17) is 4.74 Å². The molecule has 0 unspecified atom stereocenters. The Balaban J connectivity index is 1.76. The van der Waals surface area contributed by atoms with E-state index in [1.54, 1.807) is 36.4 Å². The molecule has 0 fully saturated rings. The molecule has 0 saturated heterocycles. The Morgan fingerprint density at radius 3 is 2.50 bits per heavy atom. The number of benzene rings is 1. The van der Waals surface area contributed by atoms with Crippen LogP contribution in [-0.2, 0) is 17.3 Å². The molecule has 32 heavy (non-hydrogen) atoms. The van der Waals surface area contributed by atoms with Crippen molar-refractivity contribution in [3.05, 3.63) is 63.5 Å². The number of hydrogen-bond donors (Lipinski definition) is 1. The van der Waals surface area contributed by atoms with Gasteiger partial charge in [-0.15, -0.1) is 22.7 Å². The number of hydrogen-bond acceptors (Lipinski definition) is 6. The molecule has 11 heteroatoms. The molecule has 3 aromatic heterocycles. The van der Waals surface area contributed by atoms with Gasteiger partial charge in [0, 0.05) is 10.3 Å². The van der Waals surface area contributed by atoms with Crippen LogP contribution >= 0.6 is 22.7 Å². The average molecular weight is 480 g/mol. The van der Waals surface area contributed by atoms with Crippen LogP contribution in [0.25, 0.3) is 15.9 Å². The molecule has 0 aliphatic carbocycles. The molecule has 4 rings (SSSR count). The predicted octanol–water partition coefficient (Wildman–Crippen LogP) is 5.77. The van der Waals surface area contributed by atoms with E-state index in [0.29, 0.717) is 12.1 Å². The summed E-state index contributed by atoms with van der Waals surface area (Å²) in [5.74, 6) is -1.22. The van der Waals surface area contributed by atoms with Gasteiger partial charge >= 0.3 is 12.1 Å². The molecule has 6 nitrogen and oxygen atoms in total. The highest BCUT2D eigenvalue weighted by Crippen LogP contribution is 2.39. The van der Waals surface area contributed by atoms with Crippen molar-refractivity contribution in [1.29, 1.82) is 0 Å². The largest absolute Gasteiger partial charge is 0.465 e. The van der Waals surface area contributed by atoms with Crippen LogP contribution in [0.15, 0.2) is 42.5 Å². The van der Waals surface area contributed by atoms with Crippen molar-refractivity contribution in [2.24, 2.45) is 0 Å². The highest BCUT2D eigenvalue weighted by molar-refractivity contribution is 7.21. The van der Waals surface area contributed by atoms with Gasteiger partial charge in [-0.05, 0) is 30.7 Å². The highest BCUT2D eigenvalue weighted by Gasteiger charge is 2.38. The number of halogens is 3. The molecule has 1 N–H and O–H groups in total. The van der Waals surface area contributed by atoms with E-state index in [0.717, 1.165) is 16.2 Å². The van der Waals surface area contributed by atoms with Crippen molar-refractivity contribution in [1.82, 2.24) is 9.78 Å². The topological polar surface area (TPSA) is 73.2 Å². The fraction of sp³-hybridized carbons (Fsp3) is 0.190. The summed E-state index contributed by atoms with van der Waals surface area (Å²) in [5.41, 5.74) is -0.415. The van der Waals surface area contributed by atoms with Gasteiger partial charge in [-0.2, -0.15) is 18.3 Å². The first kappa shape index (κ1) is 22.0. The zero-order valence-corrected chi connectivity index (χ0v) is 18.5. The fourth-order valence-corrected chi connectivity index (χ4v) is 5.11. The number of para-hydroxylation sites is 1. The second kappa shape index (κ2) is 8.40. The van der Waals surface area contributed by atoms with E-state index in [1.165, 1.54) is 29.2 Å². The third kappa shape index (κ3) is 4.00. The van der Waals surface area contributed by atoms with Gasteiger partial charge in [0.25, 0.3) is 5.91 Å². The Morgan fingerprint density at radius 1 is 1.16 bits per heavy atom. The van der Waals surface area contributed by atoms with Gasteiger partial charge in [-0.3, -0.25) is 4.79 Å². The number of alkyl halides is 3. The summed E-state index contributed by atoms with van der Waals surface area (Å²) < 4.78 is 46.8. The number of esters is 1. The van der Waals surface area contributed by atoms with Crippen LogP contribution in [-0.4, -0.2) is 28.8 Å². The lowest BCUT2D eigenvalue weighted by Gasteiger charge is -2.05. The number of carbonyl (C=O) groups excluding carboxylic acids is 2. The van der Waals surface area contributed by atoms with Gasteiger partial charge in [0.05, 0.1) is 23.2 Å². The van der Waals surface area contributed by atoms with Crippen molar-refractivity contribution < 1.29 is 27.5 Å². The normalized spacial score (nSPS) is 11.7. The number of methoxy groups -OCH3 is 1. The molecule has 0 saturated carbocycles. The Morgan fingerprint density at radius 2 is 1.88 bits per heavy atom. The number of nitrogens with one attached hydrogen (secondary N) is 1. The number of amides is 1. The Kier molecular flexibility index (Phi) is 5.78. The SMILES string of the molecule is CCc1cc(C(=O)OC)c(NC(=O)c2cc3c(C(F)(F)F)nn(-c4ccccc4)c3s2)s1. The average Bonchev–Trinajstić information content (AvgIpc) is 3.46. The molecule has 3 heterocycles. The third-order valence-electron chi connectivity index (χ3n) is 4.62. The van der Waals surface area contributed by atoms with Gasteiger partial charge in [0.15, 0.2) is 5.69 Å². The first-order chi connectivity index (χ1) is 15.2. The molecule has 1 amide bonds. The third-order valence-corrected chi connectivity index (χ3v) is 6.92. The highest BCUT2D eigenvalue weighted by atomic mass is 32.1. The first-order valence-corrected chi connectivity index (χ1v) is 11.0. The van der Waals surface area contributed by atoms with E-state index in [2.05, 4.69) is 10.4 Å². The van der Waals surface area contributed by atoms with Gasteiger partial charge in [0.2, 0.25) is 0 Å². The predicted molar refractivity (Wildman–Crippen MR) is 117 cm³/mol. The van der Waals surface area contributed by atoms with Crippen LogP contribution in [0.1, 0.15) is 37.5 Å². The van der Waals surface area contributed by atoms with E-state index >= 15 is 0 Å². The number of rotatable bonds is 5. The minimum atomic E-state index is -4.69. The fourth-order valence-electron chi connectivity index (χ4n) is 3.11. The second-order valence-corrected chi connectivity index (χ2v) is 8.85. The Bertz CT molecular complexity index is 1310. The van der Waals surface area contributed by atoms with Crippen molar-refractivity contribution in [3.63, 3.8) is 0 Å². The molecule has 166 valence electrons. The van der Waals surface area contributed by atoms with Crippen molar-refractivity contribution >= 4 is 49.8 Å². The standard InChI is InChI=1S/C21H16F3N3O3S2/c1-3-12-9-14(20(29)30-2)18(31-12)25-17(28)15-10-13-16(21(22,23)24)26-27(19(13)32-15)11-7-5-4-6-8-11/h4-10H,3H2,1-2H3,(H,25,28). The summed E-state index contributed by atoms with van der Waals surface area (Å²) in [6, 6.07) is 11.2. The quantitative estimate of drug-likeness (QED) is 0.369. The summed E-state index contributed by atoms with van der Waals surface area (Å²) in [6.45, 7) is 1.90. The van der Waals surface area contributed by atoms with E-state index in [9.17, 15) is 22.8 Å². The van der Waals surface area contributed by atoms with Crippen molar-refractivity contribution in [3.8, 4) is 5.69 Å². The molecule has 0 atom stereocenters. The van der Waals surface area contributed by atoms with E-state index < -0.39 is 23.7 Å². The molecule has 4 aromatic rings. The Labute approximate surface area is 188 Å². The number of thiophene rings is 2. The summed E-state index contributed by atoms with van der Waals surface area (Å²) in [4.78, 5) is 26.0. The number of aromatic nitrogens is 2. The molecule has 0 aliphatic rings. The minimum Gasteiger partial charge on any atom is -0.465 e. The van der Waals surface area contributed by atoms with Gasteiger partial charge in [0.1, 0.15) is 9.83 Å². The lowest BCUT2D eigenvalue weighted by atomic mass is 10.2. The molecule has 0 radical (unpaired) electrons. The van der Waals surface area contributed by atoms with Crippen LogP contribution in [0, 0.1) is 0 Å². The lowest BCUT2D eigenvalue weighted by molar-refractivity contribution is -0.140.